The van der Waals surface area contributed by atoms with Crippen molar-refractivity contribution in [3.05, 3.63) is 64.2 Å². The summed E-state index contributed by atoms with van der Waals surface area (Å²) < 4.78 is 52.7. The number of halogens is 3. The van der Waals surface area contributed by atoms with Gasteiger partial charge in [0, 0.05) is 36.6 Å². The Bertz CT molecular complexity index is 1400. The van der Waals surface area contributed by atoms with E-state index in [2.05, 4.69) is 10.1 Å². The Balaban J connectivity index is 1.64. The predicted octanol–water partition coefficient (Wildman–Crippen LogP) is 4.37. The quantitative estimate of drug-likeness (QED) is 0.481. The van der Waals surface area contributed by atoms with Crippen molar-refractivity contribution in [1.29, 1.82) is 0 Å². The van der Waals surface area contributed by atoms with Crippen LogP contribution in [0.1, 0.15) is 62.1 Å². The monoisotopic (exact) mass is 514 g/mol. The van der Waals surface area contributed by atoms with Gasteiger partial charge in [0.1, 0.15) is 5.75 Å². The van der Waals surface area contributed by atoms with E-state index in [1.807, 2.05) is 6.07 Å². The molecule has 2 aromatic heterocycles. The Morgan fingerprint density at radius 3 is 2.57 bits per heavy atom. The number of hydrogen-bond donors (Lipinski definition) is 0. The second kappa shape index (κ2) is 9.20. The van der Waals surface area contributed by atoms with Gasteiger partial charge < -0.3 is 14.4 Å². The molecule has 0 bridgehead atoms. The smallest absolute Gasteiger partial charge is 0.435 e. The van der Waals surface area contributed by atoms with Crippen molar-refractivity contribution < 1.29 is 32.2 Å². The van der Waals surface area contributed by atoms with Crippen molar-refractivity contribution in [2.24, 2.45) is 7.05 Å². The molecule has 0 fully saturated rings. The molecule has 5 rings (SSSR count). The largest absolute Gasteiger partial charge is 0.495 e. The second-order valence-corrected chi connectivity index (χ2v) is 9.17. The van der Waals surface area contributed by atoms with Crippen LogP contribution in [0.3, 0.4) is 0 Å². The first kappa shape index (κ1) is 24.8. The van der Waals surface area contributed by atoms with E-state index >= 15 is 0 Å². The molecule has 1 aliphatic carbocycles. The van der Waals surface area contributed by atoms with Crippen molar-refractivity contribution in [3.63, 3.8) is 0 Å². The molecule has 0 N–H and O–H groups in total. The van der Waals surface area contributed by atoms with Crippen molar-refractivity contribution in [2.75, 3.05) is 20.8 Å². The first-order valence-corrected chi connectivity index (χ1v) is 11.8. The Hall–Kier alpha value is -3.89. The number of carbonyl (C=O) groups is 2. The van der Waals surface area contributed by atoms with Gasteiger partial charge in [-0.25, -0.2) is 4.79 Å². The van der Waals surface area contributed by atoms with Gasteiger partial charge >= 0.3 is 12.1 Å². The van der Waals surface area contributed by atoms with Crippen LogP contribution in [-0.4, -0.2) is 52.3 Å². The van der Waals surface area contributed by atoms with Crippen LogP contribution in [0.15, 0.2) is 30.6 Å². The van der Waals surface area contributed by atoms with Crippen molar-refractivity contribution >= 4 is 11.9 Å². The molecule has 194 valence electrons. The van der Waals surface area contributed by atoms with E-state index < -0.39 is 17.8 Å². The molecule has 0 saturated heterocycles. The van der Waals surface area contributed by atoms with Crippen molar-refractivity contribution in [2.45, 2.75) is 37.9 Å². The van der Waals surface area contributed by atoms with Gasteiger partial charge in [0.05, 0.1) is 32.0 Å². The topological polar surface area (TPSA) is 86.6 Å². The number of esters is 1. The fraction of sp³-hybridized carbons (Fsp3) is 0.385. The van der Waals surface area contributed by atoms with E-state index in [0.717, 1.165) is 28.8 Å². The third-order valence-corrected chi connectivity index (χ3v) is 6.99. The molecule has 3 heterocycles. The zero-order valence-corrected chi connectivity index (χ0v) is 20.6. The third-order valence-electron chi connectivity index (χ3n) is 6.99. The van der Waals surface area contributed by atoms with E-state index in [0.29, 0.717) is 30.7 Å². The molecule has 1 aromatic carbocycles. The Kier molecular flexibility index (Phi) is 6.17. The highest BCUT2D eigenvalue weighted by Crippen LogP contribution is 2.42. The van der Waals surface area contributed by atoms with Crippen LogP contribution in [0.25, 0.3) is 11.1 Å². The highest BCUT2D eigenvalue weighted by atomic mass is 19.4. The molecule has 1 amide bonds. The number of methoxy groups -OCH3 is 2. The van der Waals surface area contributed by atoms with E-state index in [-0.39, 0.29) is 34.2 Å². The predicted molar refractivity (Wildman–Crippen MR) is 126 cm³/mol. The lowest BCUT2D eigenvalue weighted by molar-refractivity contribution is -0.141. The maximum atomic E-state index is 13.9. The highest BCUT2D eigenvalue weighted by Gasteiger charge is 2.40. The molecular weight excluding hydrogens is 489 g/mol. The molecule has 0 saturated carbocycles. The van der Waals surface area contributed by atoms with Gasteiger partial charge in [0.2, 0.25) is 0 Å². The molecular formula is C26H25F3N4O4. The third kappa shape index (κ3) is 4.32. The average Bonchev–Trinajstić information content (AvgIpc) is 3.29. The van der Waals surface area contributed by atoms with E-state index in [1.54, 1.807) is 18.2 Å². The number of ether oxygens (including phenoxy) is 2. The number of carbonyl (C=O) groups excluding carboxylic acids is 2. The summed E-state index contributed by atoms with van der Waals surface area (Å²) in [6.07, 6.45) is 0.840. The van der Waals surface area contributed by atoms with Crippen molar-refractivity contribution in [3.8, 4) is 16.9 Å². The van der Waals surface area contributed by atoms with Crippen LogP contribution in [0, 0.1) is 0 Å². The number of benzene rings is 1. The van der Waals surface area contributed by atoms with Gasteiger partial charge in [-0.2, -0.15) is 18.3 Å². The Morgan fingerprint density at radius 2 is 1.86 bits per heavy atom. The summed E-state index contributed by atoms with van der Waals surface area (Å²) in [6, 6.07) is 4.39. The minimum atomic E-state index is -4.71. The maximum absolute atomic E-state index is 13.9. The Labute approximate surface area is 211 Å². The summed E-state index contributed by atoms with van der Waals surface area (Å²) in [6.45, 7) is 0.305. The second-order valence-electron chi connectivity index (χ2n) is 9.17. The molecule has 3 aromatic rings. The molecule has 0 radical (unpaired) electrons. The number of aryl methyl sites for hydroxylation is 2. The van der Waals surface area contributed by atoms with Gasteiger partial charge in [-0.3, -0.25) is 14.5 Å². The number of aromatic nitrogens is 3. The number of hydrogen-bond acceptors (Lipinski definition) is 6. The number of amides is 1. The zero-order valence-electron chi connectivity index (χ0n) is 20.6. The van der Waals surface area contributed by atoms with Gasteiger partial charge in [0.25, 0.3) is 5.91 Å². The molecule has 0 unspecified atom stereocenters. The number of pyridine rings is 1. The highest BCUT2D eigenvalue weighted by molar-refractivity contribution is 6.03. The standard InChI is InChI=1S/C26H25F3N4O4/c1-32-13-20(23(31-32)26(27,28)29)17-9-14(25(35)37-3)10-18-16(17)7-8-33(24(18)34)22-6-4-5-21-19(22)11-15(36-2)12-30-21/h9-13,22H,4-8H2,1-3H3/t22-/m0/s1. The first-order valence-electron chi connectivity index (χ1n) is 11.8. The average molecular weight is 515 g/mol. The fourth-order valence-electron chi connectivity index (χ4n) is 5.33. The van der Waals surface area contributed by atoms with Crippen LogP contribution < -0.4 is 4.74 Å². The van der Waals surface area contributed by atoms with E-state index in [1.165, 1.54) is 32.5 Å². The lowest BCUT2D eigenvalue weighted by Gasteiger charge is -2.39. The molecule has 8 nitrogen and oxygen atoms in total. The molecule has 37 heavy (non-hydrogen) atoms. The van der Waals surface area contributed by atoms with Gasteiger partial charge in [-0.1, -0.05) is 0 Å². The summed E-state index contributed by atoms with van der Waals surface area (Å²) in [7, 11) is 4.12. The SMILES string of the molecule is COC(=O)c1cc2c(c(-c3cn(C)nc3C(F)(F)F)c1)CCN([C@H]1CCCc3ncc(OC)cc31)C2=O. The number of nitrogens with zero attached hydrogens (tertiary/aromatic N) is 4. The molecule has 11 heteroatoms. The maximum Gasteiger partial charge on any atom is 0.435 e. The summed E-state index contributed by atoms with van der Waals surface area (Å²) in [4.78, 5) is 32.6. The fourth-order valence-corrected chi connectivity index (χ4v) is 5.33. The summed E-state index contributed by atoms with van der Waals surface area (Å²) in [5.74, 6) is -0.517. The van der Waals surface area contributed by atoms with E-state index in [9.17, 15) is 22.8 Å². The molecule has 1 aliphatic heterocycles. The van der Waals surface area contributed by atoms with Crippen LogP contribution in [-0.2, 0) is 30.8 Å². The zero-order chi connectivity index (χ0) is 26.5. The summed E-state index contributed by atoms with van der Waals surface area (Å²) in [5.41, 5.74) is 1.32. The Morgan fingerprint density at radius 1 is 1.11 bits per heavy atom. The molecule has 2 aliphatic rings. The van der Waals surface area contributed by atoms with Gasteiger partial charge in [-0.05, 0) is 60.6 Å². The van der Waals surface area contributed by atoms with Crippen LogP contribution >= 0.6 is 0 Å². The van der Waals surface area contributed by atoms with Gasteiger partial charge in [0.15, 0.2) is 5.69 Å². The lowest BCUT2D eigenvalue weighted by Crippen LogP contribution is -2.42. The molecule has 1 atom stereocenters. The van der Waals surface area contributed by atoms with Crippen molar-refractivity contribution in [1.82, 2.24) is 19.7 Å². The minimum absolute atomic E-state index is 0.00388. The normalized spacial score (nSPS) is 17.3. The minimum Gasteiger partial charge on any atom is -0.495 e. The van der Waals surface area contributed by atoms with E-state index in [4.69, 9.17) is 9.47 Å². The number of fused-ring (bicyclic) bond motifs is 2. The summed E-state index contributed by atoms with van der Waals surface area (Å²) in [5, 5.41) is 3.61. The van der Waals surface area contributed by atoms with Gasteiger partial charge in [-0.15, -0.1) is 0 Å². The molecule has 0 spiro atoms. The lowest BCUT2D eigenvalue weighted by atomic mass is 9.85. The summed E-state index contributed by atoms with van der Waals surface area (Å²) >= 11 is 0. The van der Waals surface area contributed by atoms with Crippen LogP contribution in [0.5, 0.6) is 5.75 Å². The first-order chi connectivity index (χ1) is 17.6. The van der Waals surface area contributed by atoms with Crippen LogP contribution in [0.2, 0.25) is 0 Å². The number of alkyl halides is 3. The van der Waals surface area contributed by atoms with Crippen LogP contribution in [0.4, 0.5) is 13.2 Å². The number of rotatable bonds is 4.